The normalized spacial score (nSPS) is 18.5. The Hall–Kier alpha value is -1.24. The minimum absolute atomic E-state index is 0.751. The van der Waals surface area contributed by atoms with E-state index >= 15 is 0 Å². The van der Waals surface area contributed by atoms with Crippen LogP contribution in [0.25, 0.3) is 0 Å². The maximum Gasteiger partial charge on any atom is 0.119 e. The molecule has 1 nitrogen and oxygen atoms in total. The zero-order valence-electron chi connectivity index (χ0n) is 10.7. The van der Waals surface area contributed by atoms with Gasteiger partial charge in [0.2, 0.25) is 0 Å². The van der Waals surface area contributed by atoms with Crippen LogP contribution < -0.4 is 4.74 Å². The first-order valence-corrected chi connectivity index (χ1v) is 6.69. The predicted octanol–water partition coefficient (Wildman–Crippen LogP) is 4.16. The van der Waals surface area contributed by atoms with Crippen LogP contribution in [0.1, 0.15) is 37.3 Å². The molecule has 1 aromatic carbocycles. The van der Waals surface area contributed by atoms with Crippen LogP contribution in [0.2, 0.25) is 0 Å². The molecule has 0 aliphatic heterocycles. The van der Waals surface area contributed by atoms with Crippen LogP contribution in [0.4, 0.5) is 0 Å². The molecular formula is C16H22O. The Morgan fingerprint density at radius 3 is 3.06 bits per heavy atom. The molecule has 1 heteroatoms. The Morgan fingerprint density at radius 2 is 2.29 bits per heavy atom. The van der Waals surface area contributed by atoms with Crippen molar-refractivity contribution >= 4 is 0 Å². The van der Waals surface area contributed by atoms with E-state index in [1.165, 1.54) is 36.8 Å². The molecule has 1 atom stereocenters. The van der Waals surface area contributed by atoms with Gasteiger partial charge in [-0.25, -0.2) is 0 Å². The van der Waals surface area contributed by atoms with Crippen LogP contribution in [0.15, 0.2) is 30.9 Å². The third kappa shape index (κ3) is 3.12. The maximum absolute atomic E-state index is 5.55. The first-order chi connectivity index (χ1) is 8.33. The molecule has 0 saturated carbocycles. The molecule has 1 aliphatic rings. The number of hydrogen-bond donors (Lipinski definition) is 0. The molecule has 0 amide bonds. The summed E-state index contributed by atoms with van der Waals surface area (Å²) < 4.78 is 5.55. The van der Waals surface area contributed by atoms with Gasteiger partial charge in [0.25, 0.3) is 0 Å². The summed E-state index contributed by atoms with van der Waals surface area (Å²) in [5.41, 5.74) is 3.01. The van der Waals surface area contributed by atoms with Crippen molar-refractivity contribution in [3.8, 4) is 5.75 Å². The van der Waals surface area contributed by atoms with Crippen LogP contribution in [-0.2, 0) is 12.8 Å². The monoisotopic (exact) mass is 230 g/mol. The van der Waals surface area contributed by atoms with Crippen molar-refractivity contribution in [1.82, 2.24) is 0 Å². The summed E-state index contributed by atoms with van der Waals surface area (Å²) in [6.45, 7) is 6.59. The molecule has 0 N–H and O–H groups in total. The maximum atomic E-state index is 5.55. The van der Waals surface area contributed by atoms with Gasteiger partial charge in [-0.15, -0.1) is 6.58 Å². The zero-order valence-corrected chi connectivity index (χ0v) is 10.7. The van der Waals surface area contributed by atoms with Crippen molar-refractivity contribution in [2.45, 2.75) is 39.0 Å². The summed E-state index contributed by atoms with van der Waals surface area (Å²) >= 11 is 0. The van der Waals surface area contributed by atoms with Gasteiger partial charge in [-0.3, -0.25) is 0 Å². The molecule has 0 heterocycles. The Bertz CT molecular complexity index is 381. The van der Waals surface area contributed by atoms with Gasteiger partial charge < -0.3 is 4.74 Å². The van der Waals surface area contributed by atoms with Gasteiger partial charge in [0.05, 0.1) is 6.61 Å². The van der Waals surface area contributed by atoms with Gasteiger partial charge >= 0.3 is 0 Å². The summed E-state index contributed by atoms with van der Waals surface area (Å²) in [6, 6.07) is 6.58. The van der Waals surface area contributed by atoms with Crippen LogP contribution in [0, 0.1) is 5.92 Å². The van der Waals surface area contributed by atoms with Crippen LogP contribution >= 0.6 is 0 Å². The highest BCUT2D eigenvalue weighted by atomic mass is 16.5. The van der Waals surface area contributed by atoms with E-state index in [0.717, 1.165) is 24.7 Å². The molecule has 92 valence electrons. The second-order valence-electron chi connectivity index (χ2n) is 4.84. The smallest absolute Gasteiger partial charge is 0.119 e. The van der Waals surface area contributed by atoms with Crippen LogP contribution in [-0.4, -0.2) is 6.61 Å². The van der Waals surface area contributed by atoms with Crippen LogP contribution in [0.5, 0.6) is 5.75 Å². The van der Waals surface area contributed by atoms with Crippen molar-refractivity contribution < 1.29 is 4.74 Å². The average molecular weight is 230 g/mol. The zero-order chi connectivity index (χ0) is 12.1. The highest BCUT2D eigenvalue weighted by Gasteiger charge is 2.18. The third-order valence-electron chi connectivity index (χ3n) is 3.60. The number of allylic oxidation sites excluding steroid dienone is 1. The van der Waals surface area contributed by atoms with Gasteiger partial charge in [0.1, 0.15) is 5.75 Å². The van der Waals surface area contributed by atoms with E-state index in [4.69, 9.17) is 4.74 Å². The topological polar surface area (TPSA) is 9.23 Å². The van der Waals surface area contributed by atoms with E-state index in [2.05, 4.69) is 24.8 Å². The minimum atomic E-state index is 0.751. The lowest BCUT2D eigenvalue weighted by molar-refractivity contribution is 0.338. The van der Waals surface area contributed by atoms with Crippen molar-refractivity contribution in [2.24, 2.45) is 5.92 Å². The van der Waals surface area contributed by atoms with Gasteiger partial charge in [-0.2, -0.15) is 0 Å². The number of hydrogen-bond acceptors (Lipinski definition) is 1. The third-order valence-corrected chi connectivity index (χ3v) is 3.60. The molecular weight excluding hydrogens is 208 g/mol. The summed E-state index contributed by atoms with van der Waals surface area (Å²) in [7, 11) is 0. The highest BCUT2D eigenvalue weighted by molar-refractivity contribution is 5.37. The molecule has 17 heavy (non-hydrogen) atoms. The molecule has 0 radical (unpaired) electrons. The van der Waals surface area contributed by atoms with Crippen molar-refractivity contribution in [2.75, 3.05) is 6.61 Å². The Kier molecular flexibility index (Phi) is 4.24. The summed E-state index contributed by atoms with van der Waals surface area (Å²) in [5, 5.41) is 0. The molecule has 1 aliphatic carbocycles. The van der Waals surface area contributed by atoms with Crippen molar-refractivity contribution in [1.29, 1.82) is 0 Å². The Balaban J connectivity index is 2.03. The number of fused-ring (bicyclic) bond motifs is 1. The second kappa shape index (κ2) is 5.90. The first kappa shape index (κ1) is 12.2. The molecule has 0 fully saturated rings. The predicted molar refractivity (Wildman–Crippen MR) is 72.6 cm³/mol. The minimum Gasteiger partial charge on any atom is -0.494 e. The molecule has 0 saturated heterocycles. The summed E-state index contributed by atoms with van der Waals surface area (Å²) in [4.78, 5) is 0. The van der Waals surface area contributed by atoms with Gasteiger partial charge in [-0.05, 0) is 68.2 Å². The average Bonchev–Trinajstić information content (AvgIpc) is 2.36. The molecule has 0 aromatic heterocycles. The Morgan fingerprint density at radius 1 is 1.41 bits per heavy atom. The van der Waals surface area contributed by atoms with E-state index in [1.807, 2.05) is 13.0 Å². The molecule has 1 aromatic rings. The van der Waals surface area contributed by atoms with Crippen molar-refractivity contribution in [3.05, 3.63) is 42.0 Å². The number of benzene rings is 1. The molecule has 0 bridgehead atoms. The summed E-state index contributed by atoms with van der Waals surface area (Å²) in [6.07, 6.45) is 8.23. The van der Waals surface area contributed by atoms with Crippen LogP contribution in [0.3, 0.4) is 0 Å². The van der Waals surface area contributed by atoms with E-state index in [-0.39, 0.29) is 0 Å². The fraction of sp³-hybridized carbons (Fsp3) is 0.500. The lowest BCUT2D eigenvalue weighted by atomic mass is 9.81. The largest absolute Gasteiger partial charge is 0.494 e. The van der Waals surface area contributed by atoms with E-state index in [9.17, 15) is 0 Å². The number of ether oxygens (including phenoxy) is 1. The van der Waals surface area contributed by atoms with E-state index in [1.54, 1.807) is 0 Å². The molecule has 0 spiro atoms. The van der Waals surface area contributed by atoms with Gasteiger partial charge in [0, 0.05) is 0 Å². The highest BCUT2D eigenvalue weighted by Crippen LogP contribution is 2.30. The quantitative estimate of drug-likeness (QED) is 0.690. The second-order valence-corrected chi connectivity index (χ2v) is 4.84. The van der Waals surface area contributed by atoms with E-state index in [0.29, 0.717) is 0 Å². The first-order valence-electron chi connectivity index (χ1n) is 6.69. The molecule has 1 unspecified atom stereocenters. The SMILES string of the molecule is C=CCCC1CCc2cc(OCC)ccc2C1. The Labute approximate surface area is 104 Å². The fourth-order valence-corrected chi connectivity index (χ4v) is 2.66. The number of rotatable bonds is 5. The summed E-state index contributed by atoms with van der Waals surface area (Å²) in [5.74, 6) is 1.87. The lowest BCUT2D eigenvalue weighted by Gasteiger charge is -2.24. The van der Waals surface area contributed by atoms with E-state index < -0.39 is 0 Å². The lowest BCUT2D eigenvalue weighted by Crippen LogP contribution is -2.14. The number of aryl methyl sites for hydroxylation is 1. The van der Waals surface area contributed by atoms with Gasteiger partial charge in [-0.1, -0.05) is 12.1 Å². The fourth-order valence-electron chi connectivity index (χ4n) is 2.66. The standard InChI is InChI=1S/C16H22O/c1-3-5-6-13-7-8-15-12-16(17-4-2)10-9-14(15)11-13/h3,9-10,12-13H,1,4-8,11H2,2H3. The molecule has 2 rings (SSSR count). The van der Waals surface area contributed by atoms with Gasteiger partial charge in [0.15, 0.2) is 0 Å². The van der Waals surface area contributed by atoms with Crippen molar-refractivity contribution in [3.63, 3.8) is 0 Å².